The summed E-state index contributed by atoms with van der Waals surface area (Å²) in [5.41, 5.74) is 2.69. The van der Waals surface area contributed by atoms with Crippen molar-refractivity contribution >= 4 is 21.6 Å². The van der Waals surface area contributed by atoms with Gasteiger partial charge in [0, 0.05) is 18.7 Å². The fraction of sp³-hybridized carbons (Fsp3) is 0.208. The van der Waals surface area contributed by atoms with Gasteiger partial charge in [0.05, 0.1) is 4.90 Å². The summed E-state index contributed by atoms with van der Waals surface area (Å²) in [5, 5.41) is 2.87. The summed E-state index contributed by atoms with van der Waals surface area (Å²) in [6.45, 7) is 2.56. The van der Waals surface area contributed by atoms with Gasteiger partial charge in [0.25, 0.3) is 0 Å². The van der Waals surface area contributed by atoms with E-state index in [1.807, 2.05) is 42.5 Å². The normalized spacial score (nSPS) is 11.1. The molecule has 0 bridgehead atoms. The number of ether oxygens (including phenoxy) is 1. The Labute approximate surface area is 183 Å². The minimum atomic E-state index is -3.46. The first kappa shape index (κ1) is 22.5. The number of carbonyl (C=O) groups is 1. The molecule has 0 aliphatic rings. The van der Waals surface area contributed by atoms with Crippen molar-refractivity contribution in [2.24, 2.45) is 0 Å². The summed E-state index contributed by atoms with van der Waals surface area (Å²) < 4.78 is 32.1. The Hall–Kier alpha value is -3.16. The third-order valence-corrected chi connectivity index (χ3v) is 6.16. The second kappa shape index (κ2) is 10.7. The summed E-state index contributed by atoms with van der Waals surface area (Å²) >= 11 is 0. The molecule has 0 aromatic heterocycles. The lowest BCUT2D eigenvalue weighted by molar-refractivity contribution is -0.116. The van der Waals surface area contributed by atoms with Crippen LogP contribution in [-0.2, 0) is 27.8 Å². The summed E-state index contributed by atoms with van der Waals surface area (Å²) in [7, 11) is -3.46. The molecule has 0 aliphatic carbocycles. The predicted molar refractivity (Wildman–Crippen MR) is 121 cm³/mol. The third-order valence-electron chi connectivity index (χ3n) is 4.60. The second-order valence-electron chi connectivity index (χ2n) is 6.99. The lowest BCUT2D eigenvalue weighted by Gasteiger charge is -2.09. The maximum atomic E-state index is 12.2. The lowest BCUT2D eigenvalue weighted by atomic mass is 10.1. The van der Waals surface area contributed by atoms with E-state index in [2.05, 4.69) is 10.0 Å². The van der Waals surface area contributed by atoms with E-state index < -0.39 is 10.0 Å². The van der Waals surface area contributed by atoms with E-state index in [9.17, 15) is 13.2 Å². The first-order valence-electron chi connectivity index (χ1n) is 10.1. The molecule has 3 aromatic rings. The maximum absolute atomic E-state index is 12.2. The van der Waals surface area contributed by atoms with Crippen LogP contribution in [0.4, 0.5) is 5.69 Å². The first-order valence-corrected chi connectivity index (χ1v) is 11.6. The zero-order valence-electron chi connectivity index (χ0n) is 17.4. The Morgan fingerprint density at radius 2 is 1.55 bits per heavy atom. The number of hydrogen-bond acceptors (Lipinski definition) is 4. The fourth-order valence-corrected chi connectivity index (χ4v) is 4.01. The minimum Gasteiger partial charge on any atom is -0.489 e. The highest BCUT2D eigenvalue weighted by Gasteiger charge is 2.12. The smallest absolute Gasteiger partial charge is 0.240 e. The zero-order valence-corrected chi connectivity index (χ0v) is 18.2. The molecule has 1 amide bonds. The molecule has 0 atom stereocenters. The van der Waals surface area contributed by atoms with E-state index in [0.717, 1.165) is 16.9 Å². The molecule has 0 aliphatic heterocycles. The molecule has 162 valence electrons. The molecule has 2 N–H and O–H groups in total. The van der Waals surface area contributed by atoms with Crippen molar-refractivity contribution in [2.45, 2.75) is 31.3 Å². The number of sulfonamides is 1. The lowest BCUT2D eigenvalue weighted by Crippen LogP contribution is -2.23. The number of aryl methyl sites for hydroxylation is 1. The van der Waals surface area contributed by atoms with Gasteiger partial charge in [0.1, 0.15) is 12.4 Å². The molecule has 6 nitrogen and oxygen atoms in total. The molecule has 0 saturated heterocycles. The number of rotatable bonds is 10. The van der Waals surface area contributed by atoms with Crippen molar-refractivity contribution in [1.29, 1.82) is 0 Å². The number of anilines is 1. The molecular weight excluding hydrogens is 412 g/mol. The quantitative estimate of drug-likeness (QED) is 0.498. The van der Waals surface area contributed by atoms with E-state index in [4.69, 9.17) is 4.74 Å². The fourth-order valence-electron chi connectivity index (χ4n) is 2.97. The van der Waals surface area contributed by atoms with Crippen LogP contribution in [-0.4, -0.2) is 20.9 Å². The van der Waals surface area contributed by atoms with Gasteiger partial charge in [-0.2, -0.15) is 0 Å². The van der Waals surface area contributed by atoms with Crippen molar-refractivity contribution in [3.63, 3.8) is 0 Å². The number of nitrogens with one attached hydrogen (secondary N) is 2. The zero-order chi connectivity index (χ0) is 22.1. The van der Waals surface area contributed by atoms with E-state index >= 15 is 0 Å². The highest BCUT2D eigenvalue weighted by atomic mass is 32.2. The van der Waals surface area contributed by atoms with Crippen LogP contribution in [0.1, 0.15) is 24.5 Å². The van der Waals surface area contributed by atoms with Gasteiger partial charge in [-0.15, -0.1) is 0 Å². The Kier molecular flexibility index (Phi) is 7.81. The van der Waals surface area contributed by atoms with Gasteiger partial charge in [-0.05, 0) is 53.9 Å². The molecule has 7 heteroatoms. The summed E-state index contributed by atoms with van der Waals surface area (Å²) in [5.74, 6) is 0.622. The Balaban J connectivity index is 1.46. The van der Waals surface area contributed by atoms with Crippen LogP contribution in [0.2, 0.25) is 0 Å². The van der Waals surface area contributed by atoms with Crippen LogP contribution in [0.3, 0.4) is 0 Å². The minimum absolute atomic E-state index is 0.109. The van der Waals surface area contributed by atoms with Gasteiger partial charge in [-0.25, -0.2) is 13.1 Å². The molecule has 0 saturated carbocycles. The van der Waals surface area contributed by atoms with Gasteiger partial charge < -0.3 is 10.1 Å². The highest BCUT2D eigenvalue weighted by Crippen LogP contribution is 2.18. The van der Waals surface area contributed by atoms with Gasteiger partial charge in [-0.3, -0.25) is 4.79 Å². The third kappa shape index (κ3) is 6.94. The average Bonchev–Trinajstić information content (AvgIpc) is 2.78. The van der Waals surface area contributed by atoms with Crippen LogP contribution in [0, 0.1) is 0 Å². The van der Waals surface area contributed by atoms with Gasteiger partial charge in [0.15, 0.2) is 0 Å². The van der Waals surface area contributed by atoms with Gasteiger partial charge >= 0.3 is 0 Å². The molecular formula is C24H26N2O4S. The van der Waals surface area contributed by atoms with Crippen molar-refractivity contribution < 1.29 is 17.9 Å². The van der Waals surface area contributed by atoms with Crippen molar-refractivity contribution in [3.8, 4) is 5.75 Å². The number of carbonyl (C=O) groups excluding carboxylic acids is 1. The number of amides is 1. The highest BCUT2D eigenvalue weighted by molar-refractivity contribution is 7.89. The topological polar surface area (TPSA) is 84.5 Å². The first-order chi connectivity index (χ1) is 15.0. The van der Waals surface area contributed by atoms with Crippen molar-refractivity contribution in [1.82, 2.24) is 4.72 Å². The molecule has 31 heavy (non-hydrogen) atoms. The van der Waals surface area contributed by atoms with E-state index in [0.29, 0.717) is 31.7 Å². The monoisotopic (exact) mass is 438 g/mol. The van der Waals surface area contributed by atoms with Crippen LogP contribution in [0.25, 0.3) is 0 Å². The van der Waals surface area contributed by atoms with E-state index in [-0.39, 0.29) is 10.8 Å². The molecule has 0 heterocycles. The predicted octanol–water partition coefficient (Wildman–Crippen LogP) is 4.14. The summed E-state index contributed by atoms with van der Waals surface area (Å²) in [4.78, 5) is 12.5. The average molecular weight is 439 g/mol. The number of benzene rings is 3. The molecule has 0 radical (unpaired) electrons. The molecule has 3 rings (SSSR count). The van der Waals surface area contributed by atoms with Gasteiger partial charge in [0.2, 0.25) is 15.9 Å². The Morgan fingerprint density at radius 3 is 2.19 bits per heavy atom. The molecule has 0 spiro atoms. The van der Waals surface area contributed by atoms with Crippen LogP contribution < -0.4 is 14.8 Å². The number of hydrogen-bond donors (Lipinski definition) is 2. The summed E-state index contributed by atoms with van der Waals surface area (Å²) in [6, 6.07) is 23.7. The van der Waals surface area contributed by atoms with Crippen molar-refractivity contribution in [2.75, 3.05) is 11.9 Å². The second-order valence-corrected chi connectivity index (χ2v) is 8.76. The van der Waals surface area contributed by atoms with E-state index in [1.54, 1.807) is 43.3 Å². The molecule has 3 aromatic carbocycles. The Bertz CT molecular complexity index is 1080. The maximum Gasteiger partial charge on any atom is 0.240 e. The van der Waals surface area contributed by atoms with Crippen molar-refractivity contribution in [3.05, 3.63) is 90.0 Å². The SMILES string of the molecule is CCNS(=O)(=O)c1ccc(CCC(=O)Nc2ccc(OCc3ccccc3)cc2)cc1. The molecule has 0 fully saturated rings. The Morgan fingerprint density at radius 1 is 0.871 bits per heavy atom. The van der Waals surface area contributed by atoms with Gasteiger partial charge in [-0.1, -0.05) is 49.4 Å². The standard InChI is InChI=1S/C24H26N2O4S/c1-2-25-31(28,29)23-15-8-19(9-16-23)10-17-24(27)26-21-11-13-22(14-12-21)30-18-20-6-4-3-5-7-20/h3-9,11-16,25H,2,10,17-18H2,1H3,(H,26,27). The van der Waals surface area contributed by atoms with E-state index in [1.165, 1.54) is 0 Å². The largest absolute Gasteiger partial charge is 0.489 e. The van der Waals surface area contributed by atoms with Crippen LogP contribution >= 0.6 is 0 Å². The molecule has 0 unspecified atom stereocenters. The van der Waals surface area contributed by atoms with Crippen LogP contribution in [0.15, 0.2) is 83.8 Å². The van der Waals surface area contributed by atoms with Crippen LogP contribution in [0.5, 0.6) is 5.75 Å². The summed E-state index contributed by atoms with van der Waals surface area (Å²) in [6.07, 6.45) is 0.817.